The van der Waals surface area contributed by atoms with Gasteiger partial charge in [-0.3, -0.25) is 9.36 Å². The Morgan fingerprint density at radius 2 is 1.64 bits per heavy atom. The first-order valence-electron chi connectivity index (χ1n) is 12.7. The summed E-state index contributed by atoms with van der Waals surface area (Å²) >= 11 is 0. The average molecular weight is 535 g/mol. The molecular weight excluding hydrogens is 495 g/mol. The summed E-state index contributed by atoms with van der Waals surface area (Å²) in [5.74, 6) is -0.301. The van der Waals surface area contributed by atoms with Gasteiger partial charge < -0.3 is 45.6 Å². The molecule has 1 saturated heterocycles. The quantitative estimate of drug-likeness (QED) is 0.154. The number of aliphatic hydroxyl groups is 4. The molecule has 5 rings (SSSR count). The third-order valence-corrected chi connectivity index (χ3v) is 10.1. The molecule has 4 saturated carbocycles. The van der Waals surface area contributed by atoms with Gasteiger partial charge in [-0.05, 0) is 69.6 Å². The molecule has 5 fully saturated rings. The van der Waals surface area contributed by atoms with Crippen LogP contribution in [0.2, 0.25) is 0 Å². The molecule has 5 aliphatic rings. The summed E-state index contributed by atoms with van der Waals surface area (Å²) in [7, 11) is -4.49. The number of carbonyl (C=O) groups is 2. The fourth-order valence-electron chi connectivity index (χ4n) is 7.16. The standard InChI is InChI=1S/C23H39N2O10P/c1-22(21(31)32,25-20(30)23-6-12-2-13(7-23)4-14(3-12)8-23)11-35-36(33,34)10-15(27)5-16-18(28)19(29)17(9-26)24-16/h12-19,24,26-29H,2-11H2,1H3,(H,25,30)(H,31,32)(H,33,34)/t12?,13?,14?,15-,16-,17-,18-,19-,22?,23?/m1/s1. The van der Waals surface area contributed by atoms with Crippen molar-refractivity contribution in [2.75, 3.05) is 19.4 Å². The lowest BCUT2D eigenvalue weighted by atomic mass is 9.49. The minimum atomic E-state index is -4.49. The molecule has 0 spiro atoms. The number of rotatable bonds is 11. The second-order valence-corrected chi connectivity index (χ2v) is 13.7. The molecule has 36 heavy (non-hydrogen) atoms. The molecule has 7 atom stereocenters. The van der Waals surface area contributed by atoms with Gasteiger partial charge in [0, 0.05) is 11.5 Å². The first-order valence-corrected chi connectivity index (χ1v) is 14.5. The lowest BCUT2D eigenvalue weighted by molar-refractivity contribution is -0.156. The van der Waals surface area contributed by atoms with Gasteiger partial charge in [0.2, 0.25) is 5.91 Å². The van der Waals surface area contributed by atoms with Crippen LogP contribution < -0.4 is 10.6 Å². The van der Waals surface area contributed by atoms with E-state index in [-0.39, 0.29) is 12.3 Å². The van der Waals surface area contributed by atoms with E-state index < -0.39 is 74.3 Å². The topological polar surface area (TPSA) is 206 Å². The largest absolute Gasteiger partial charge is 0.479 e. The van der Waals surface area contributed by atoms with E-state index in [9.17, 15) is 44.6 Å². The van der Waals surface area contributed by atoms with Gasteiger partial charge in [-0.2, -0.15) is 0 Å². The monoisotopic (exact) mass is 534 g/mol. The molecule has 1 aliphatic heterocycles. The summed E-state index contributed by atoms with van der Waals surface area (Å²) in [5.41, 5.74) is -2.54. The molecule has 0 aromatic heterocycles. The van der Waals surface area contributed by atoms with E-state index in [4.69, 9.17) is 4.52 Å². The predicted octanol–water partition coefficient (Wildman–Crippen LogP) is -0.830. The van der Waals surface area contributed by atoms with Crippen molar-refractivity contribution in [1.29, 1.82) is 0 Å². The molecule has 1 amide bonds. The number of carboxylic acids is 1. The van der Waals surface area contributed by atoms with Crippen molar-refractivity contribution in [2.24, 2.45) is 23.2 Å². The Balaban J connectivity index is 1.33. The minimum Gasteiger partial charge on any atom is -0.479 e. The van der Waals surface area contributed by atoms with Crippen molar-refractivity contribution in [3.05, 3.63) is 0 Å². The van der Waals surface area contributed by atoms with Crippen molar-refractivity contribution in [3.63, 3.8) is 0 Å². The number of hydrogen-bond donors (Lipinski definition) is 8. The SMILES string of the molecule is CC(COP(=O)(O)C[C@H](O)C[C@H]1N[C@H](CO)[C@@H](O)[C@@H]1O)(NC(=O)C12CC3CC(CC(C3)C1)C2)C(=O)O. The predicted molar refractivity (Wildman–Crippen MR) is 126 cm³/mol. The Labute approximate surface area is 210 Å². The lowest BCUT2D eigenvalue weighted by Gasteiger charge is -2.56. The normalized spacial score (nSPS) is 41.4. The molecule has 0 radical (unpaired) electrons. The number of nitrogens with one attached hydrogen (secondary N) is 2. The van der Waals surface area contributed by atoms with Gasteiger partial charge in [-0.1, -0.05) is 0 Å². The van der Waals surface area contributed by atoms with Crippen LogP contribution in [0.1, 0.15) is 51.9 Å². The highest BCUT2D eigenvalue weighted by Crippen LogP contribution is 2.60. The first kappa shape index (κ1) is 27.9. The van der Waals surface area contributed by atoms with E-state index >= 15 is 0 Å². The van der Waals surface area contributed by atoms with E-state index in [1.54, 1.807) is 0 Å². The molecule has 0 aromatic carbocycles. The van der Waals surface area contributed by atoms with Crippen LogP contribution in [0.4, 0.5) is 0 Å². The van der Waals surface area contributed by atoms with Crippen molar-refractivity contribution in [3.8, 4) is 0 Å². The summed E-state index contributed by atoms with van der Waals surface area (Å²) in [6, 6.07) is -1.61. The van der Waals surface area contributed by atoms with Gasteiger partial charge in [-0.15, -0.1) is 0 Å². The summed E-state index contributed by atoms with van der Waals surface area (Å²) in [4.78, 5) is 35.7. The van der Waals surface area contributed by atoms with Gasteiger partial charge >= 0.3 is 13.6 Å². The van der Waals surface area contributed by atoms with Crippen LogP contribution in [0.5, 0.6) is 0 Å². The highest BCUT2D eigenvalue weighted by molar-refractivity contribution is 7.52. The summed E-state index contributed by atoms with van der Waals surface area (Å²) in [6.07, 6.45) is 0.660. The van der Waals surface area contributed by atoms with Crippen LogP contribution >= 0.6 is 7.60 Å². The molecule has 8 N–H and O–H groups in total. The smallest absolute Gasteiger partial charge is 0.331 e. The highest BCUT2D eigenvalue weighted by Gasteiger charge is 2.56. The van der Waals surface area contributed by atoms with Gasteiger partial charge in [-0.25, -0.2) is 4.79 Å². The van der Waals surface area contributed by atoms with E-state index in [0.29, 0.717) is 17.8 Å². The van der Waals surface area contributed by atoms with Gasteiger partial charge in [0.05, 0.1) is 43.7 Å². The Morgan fingerprint density at radius 1 is 1.11 bits per heavy atom. The maximum atomic E-state index is 13.4. The Morgan fingerprint density at radius 3 is 2.11 bits per heavy atom. The zero-order chi connectivity index (χ0) is 26.5. The second kappa shape index (κ2) is 10.2. The fourth-order valence-corrected chi connectivity index (χ4v) is 8.40. The Bertz CT molecular complexity index is 867. The van der Waals surface area contributed by atoms with Crippen molar-refractivity contribution in [2.45, 2.75) is 87.8 Å². The summed E-state index contributed by atoms with van der Waals surface area (Å²) in [5, 5.41) is 54.6. The molecule has 12 nitrogen and oxygen atoms in total. The van der Waals surface area contributed by atoms with Crippen molar-refractivity contribution in [1.82, 2.24) is 10.6 Å². The first-order chi connectivity index (χ1) is 16.8. The van der Waals surface area contributed by atoms with E-state index in [1.807, 2.05) is 0 Å². The van der Waals surface area contributed by atoms with E-state index in [0.717, 1.165) is 38.5 Å². The van der Waals surface area contributed by atoms with E-state index in [2.05, 4.69) is 10.6 Å². The van der Waals surface area contributed by atoms with Crippen LogP contribution in [0.15, 0.2) is 0 Å². The van der Waals surface area contributed by atoms with Crippen LogP contribution in [-0.2, 0) is 18.7 Å². The third kappa shape index (κ3) is 5.66. The van der Waals surface area contributed by atoms with Gasteiger partial charge in [0.1, 0.15) is 0 Å². The number of carboxylic acid groups (broad SMARTS) is 1. The Hall–Kier alpha value is -1.11. The van der Waals surface area contributed by atoms with E-state index in [1.165, 1.54) is 6.92 Å². The molecule has 1 heterocycles. The zero-order valence-electron chi connectivity index (χ0n) is 20.5. The van der Waals surface area contributed by atoms with Crippen molar-refractivity contribution >= 4 is 19.5 Å². The number of aliphatic hydroxyl groups excluding tert-OH is 4. The van der Waals surface area contributed by atoms with Crippen LogP contribution in [-0.4, -0.2) is 97.6 Å². The molecule has 0 aromatic rings. The molecular formula is C23H39N2O10P. The number of carbonyl (C=O) groups excluding carboxylic acids is 1. The molecule has 206 valence electrons. The molecule has 13 heteroatoms. The number of aliphatic carboxylic acids is 1. The number of amides is 1. The van der Waals surface area contributed by atoms with Crippen molar-refractivity contribution < 1.29 is 49.1 Å². The Kier molecular flexibility index (Phi) is 7.92. The van der Waals surface area contributed by atoms with Crippen LogP contribution in [0.25, 0.3) is 0 Å². The molecule has 2 unspecified atom stereocenters. The summed E-state index contributed by atoms with van der Waals surface area (Å²) < 4.78 is 17.7. The van der Waals surface area contributed by atoms with Crippen LogP contribution in [0, 0.1) is 23.2 Å². The zero-order valence-corrected chi connectivity index (χ0v) is 21.3. The van der Waals surface area contributed by atoms with Crippen LogP contribution in [0.3, 0.4) is 0 Å². The second-order valence-electron chi connectivity index (χ2n) is 11.8. The maximum Gasteiger partial charge on any atom is 0.331 e. The molecule has 4 bridgehead atoms. The molecule has 4 aliphatic carbocycles. The third-order valence-electron chi connectivity index (χ3n) is 8.70. The fraction of sp³-hybridized carbons (Fsp3) is 0.913. The minimum absolute atomic E-state index is 0.207. The van der Waals surface area contributed by atoms with Gasteiger partial charge in [0.25, 0.3) is 0 Å². The highest BCUT2D eigenvalue weighted by atomic mass is 31.2. The number of hydrogen-bond acceptors (Lipinski definition) is 9. The maximum absolute atomic E-state index is 13.4. The lowest BCUT2D eigenvalue weighted by Crippen LogP contribution is -2.62. The summed E-state index contributed by atoms with van der Waals surface area (Å²) in [6.45, 7) is 0.0328. The van der Waals surface area contributed by atoms with Gasteiger partial charge in [0.15, 0.2) is 5.54 Å². The average Bonchev–Trinajstić information content (AvgIpc) is 3.04.